The number of hydrogen-bond donors (Lipinski definition) is 1. The van der Waals surface area contributed by atoms with Crippen LogP contribution in [0.5, 0.6) is 0 Å². The third kappa shape index (κ3) is 3.80. The lowest BCUT2D eigenvalue weighted by atomic mass is 10.1. The quantitative estimate of drug-likeness (QED) is 0.648. The summed E-state index contributed by atoms with van der Waals surface area (Å²) >= 11 is 0. The van der Waals surface area contributed by atoms with Gasteiger partial charge in [0.2, 0.25) is 0 Å². The zero-order valence-corrected chi connectivity index (χ0v) is 10.3. The minimum absolute atomic E-state index is 0.247. The van der Waals surface area contributed by atoms with Gasteiger partial charge in [-0.25, -0.2) is 4.39 Å². The van der Waals surface area contributed by atoms with Crippen molar-refractivity contribution >= 4 is 11.6 Å². The first-order valence-electron chi connectivity index (χ1n) is 5.64. The van der Waals surface area contributed by atoms with Gasteiger partial charge in [0.15, 0.2) is 0 Å². The van der Waals surface area contributed by atoms with Crippen LogP contribution in [0.2, 0.25) is 0 Å². The highest BCUT2D eigenvalue weighted by molar-refractivity contribution is 5.98. The maximum atomic E-state index is 13.0. The van der Waals surface area contributed by atoms with E-state index in [1.54, 1.807) is 0 Å². The summed E-state index contributed by atoms with van der Waals surface area (Å²) in [6.07, 6.45) is 0.759. The number of carbonyl (C=O) groups excluding carboxylic acids is 1. The monoisotopic (exact) mass is 254 g/mol. The van der Waals surface area contributed by atoms with Crippen molar-refractivity contribution < 1.29 is 14.1 Å². The standard InChI is InChI=1S/C12H15FN2O3/c1-8(2)5-6-14-12(16)10-7-9(13)3-4-11(10)15(17)18/h3-4,7-8H,5-6H2,1-2H3,(H,14,16). The average molecular weight is 254 g/mol. The Morgan fingerprint density at radius 2 is 2.17 bits per heavy atom. The van der Waals surface area contributed by atoms with E-state index in [2.05, 4.69) is 5.32 Å². The molecule has 0 atom stereocenters. The van der Waals surface area contributed by atoms with E-state index < -0.39 is 22.3 Å². The van der Waals surface area contributed by atoms with Gasteiger partial charge in [-0.3, -0.25) is 14.9 Å². The van der Waals surface area contributed by atoms with Gasteiger partial charge in [0.05, 0.1) is 4.92 Å². The van der Waals surface area contributed by atoms with Crippen LogP contribution in [0.1, 0.15) is 30.6 Å². The lowest BCUT2D eigenvalue weighted by Gasteiger charge is -2.07. The van der Waals surface area contributed by atoms with Crippen molar-refractivity contribution in [2.24, 2.45) is 5.92 Å². The number of nitrogens with one attached hydrogen (secondary N) is 1. The zero-order chi connectivity index (χ0) is 13.7. The molecule has 0 aromatic heterocycles. The Balaban J connectivity index is 2.84. The molecule has 5 nitrogen and oxygen atoms in total. The minimum atomic E-state index is -0.698. The number of nitro groups is 1. The summed E-state index contributed by atoms with van der Waals surface area (Å²) in [5, 5.41) is 13.3. The summed E-state index contributed by atoms with van der Waals surface area (Å²) < 4.78 is 13.0. The molecule has 0 aliphatic carbocycles. The second kappa shape index (κ2) is 6.09. The number of nitrogens with zero attached hydrogens (tertiary/aromatic N) is 1. The molecular formula is C12H15FN2O3. The normalized spacial score (nSPS) is 10.4. The zero-order valence-electron chi connectivity index (χ0n) is 10.3. The predicted octanol–water partition coefficient (Wildman–Crippen LogP) is 2.51. The van der Waals surface area contributed by atoms with Crippen LogP contribution in [0.25, 0.3) is 0 Å². The molecule has 1 aromatic rings. The summed E-state index contributed by atoms with van der Waals surface area (Å²) in [5.41, 5.74) is -0.637. The third-order valence-corrected chi connectivity index (χ3v) is 2.41. The maximum absolute atomic E-state index is 13.0. The Morgan fingerprint density at radius 1 is 1.50 bits per heavy atom. The van der Waals surface area contributed by atoms with Crippen molar-refractivity contribution in [1.82, 2.24) is 5.32 Å². The fourth-order valence-electron chi connectivity index (χ4n) is 1.42. The van der Waals surface area contributed by atoms with Crippen molar-refractivity contribution in [2.45, 2.75) is 20.3 Å². The first-order chi connectivity index (χ1) is 8.41. The molecule has 0 radical (unpaired) electrons. The SMILES string of the molecule is CC(C)CCNC(=O)c1cc(F)ccc1[N+](=O)[O-]. The van der Waals surface area contributed by atoms with E-state index in [4.69, 9.17) is 0 Å². The summed E-state index contributed by atoms with van der Waals surface area (Å²) in [5.74, 6) is -0.885. The minimum Gasteiger partial charge on any atom is -0.352 e. The van der Waals surface area contributed by atoms with Gasteiger partial charge in [-0.15, -0.1) is 0 Å². The molecule has 1 aromatic carbocycles. The third-order valence-electron chi connectivity index (χ3n) is 2.41. The Hall–Kier alpha value is -1.98. The molecule has 0 aliphatic heterocycles. The van der Waals surface area contributed by atoms with E-state index in [9.17, 15) is 19.3 Å². The molecule has 0 saturated heterocycles. The number of carbonyl (C=O) groups is 1. The summed E-state index contributed by atoms with van der Waals surface area (Å²) in [4.78, 5) is 21.7. The number of amides is 1. The lowest BCUT2D eigenvalue weighted by Crippen LogP contribution is -2.26. The Morgan fingerprint density at radius 3 is 2.72 bits per heavy atom. The van der Waals surface area contributed by atoms with E-state index in [1.165, 1.54) is 0 Å². The largest absolute Gasteiger partial charge is 0.352 e. The molecule has 1 rings (SSSR count). The van der Waals surface area contributed by atoms with Gasteiger partial charge in [0.25, 0.3) is 11.6 Å². The van der Waals surface area contributed by atoms with Crippen molar-refractivity contribution in [1.29, 1.82) is 0 Å². The molecule has 6 heteroatoms. The van der Waals surface area contributed by atoms with Gasteiger partial charge in [-0.2, -0.15) is 0 Å². The van der Waals surface area contributed by atoms with Crippen molar-refractivity contribution in [2.75, 3.05) is 6.54 Å². The fraction of sp³-hybridized carbons (Fsp3) is 0.417. The van der Waals surface area contributed by atoms with Gasteiger partial charge in [0.1, 0.15) is 11.4 Å². The van der Waals surface area contributed by atoms with Crippen LogP contribution in [0.4, 0.5) is 10.1 Å². The number of benzene rings is 1. The van der Waals surface area contributed by atoms with E-state index in [-0.39, 0.29) is 5.56 Å². The number of nitro benzene ring substituents is 1. The molecule has 0 unspecified atom stereocenters. The molecule has 1 N–H and O–H groups in total. The molecule has 0 spiro atoms. The van der Waals surface area contributed by atoms with E-state index in [0.717, 1.165) is 24.6 Å². The molecular weight excluding hydrogens is 239 g/mol. The summed E-state index contributed by atoms with van der Waals surface area (Å²) in [6, 6.07) is 2.83. The van der Waals surface area contributed by atoms with Crippen LogP contribution in [0.3, 0.4) is 0 Å². The Bertz CT molecular complexity index is 461. The number of hydrogen-bond acceptors (Lipinski definition) is 3. The van der Waals surface area contributed by atoms with Crippen LogP contribution in [-0.2, 0) is 0 Å². The molecule has 0 bridgehead atoms. The molecule has 0 fully saturated rings. The fourth-order valence-corrected chi connectivity index (χ4v) is 1.42. The first-order valence-corrected chi connectivity index (χ1v) is 5.64. The molecule has 0 aliphatic rings. The highest BCUT2D eigenvalue weighted by atomic mass is 19.1. The first kappa shape index (κ1) is 14.1. The smallest absolute Gasteiger partial charge is 0.282 e. The predicted molar refractivity (Wildman–Crippen MR) is 64.8 cm³/mol. The van der Waals surface area contributed by atoms with Crippen LogP contribution in [0.15, 0.2) is 18.2 Å². The second-order valence-corrected chi connectivity index (χ2v) is 4.36. The molecule has 1 amide bonds. The van der Waals surface area contributed by atoms with E-state index in [0.29, 0.717) is 12.5 Å². The molecule has 0 heterocycles. The average Bonchev–Trinajstić information content (AvgIpc) is 2.27. The molecule has 0 saturated carbocycles. The van der Waals surface area contributed by atoms with Crippen LogP contribution in [0, 0.1) is 21.8 Å². The van der Waals surface area contributed by atoms with Crippen LogP contribution < -0.4 is 5.32 Å². The van der Waals surface area contributed by atoms with Gasteiger partial charge in [0, 0.05) is 12.6 Å². The summed E-state index contributed by atoms with van der Waals surface area (Å²) in [7, 11) is 0. The number of rotatable bonds is 5. The van der Waals surface area contributed by atoms with E-state index in [1.807, 2.05) is 13.8 Å². The van der Waals surface area contributed by atoms with Crippen LogP contribution in [-0.4, -0.2) is 17.4 Å². The highest BCUT2D eigenvalue weighted by Gasteiger charge is 2.20. The maximum Gasteiger partial charge on any atom is 0.282 e. The molecule has 98 valence electrons. The van der Waals surface area contributed by atoms with Gasteiger partial charge in [-0.05, 0) is 24.5 Å². The van der Waals surface area contributed by atoms with Crippen molar-refractivity contribution in [3.05, 3.63) is 39.7 Å². The lowest BCUT2D eigenvalue weighted by molar-refractivity contribution is -0.385. The van der Waals surface area contributed by atoms with Gasteiger partial charge < -0.3 is 5.32 Å². The Kier molecular flexibility index (Phi) is 4.76. The van der Waals surface area contributed by atoms with E-state index >= 15 is 0 Å². The van der Waals surface area contributed by atoms with Gasteiger partial charge >= 0.3 is 0 Å². The van der Waals surface area contributed by atoms with Crippen molar-refractivity contribution in [3.8, 4) is 0 Å². The summed E-state index contributed by atoms with van der Waals surface area (Å²) in [6.45, 7) is 4.40. The second-order valence-electron chi connectivity index (χ2n) is 4.36. The van der Waals surface area contributed by atoms with Crippen molar-refractivity contribution in [3.63, 3.8) is 0 Å². The highest BCUT2D eigenvalue weighted by Crippen LogP contribution is 2.19. The van der Waals surface area contributed by atoms with Gasteiger partial charge in [-0.1, -0.05) is 13.8 Å². The Labute approximate surface area is 104 Å². The number of halogens is 1. The van der Waals surface area contributed by atoms with Crippen LogP contribution >= 0.6 is 0 Å². The molecule has 18 heavy (non-hydrogen) atoms. The topological polar surface area (TPSA) is 72.2 Å².